The second kappa shape index (κ2) is 8.96. The van der Waals surface area contributed by atoms with Gasteiger partial charge in [-0.1, -0.05) is 20.3 Å². The third-order valence-corrected chi connectivity index (χ3v) is 4.88. The van der Waals surface area contributed by atoms with Crippen molar-refractivity contribution in [2.24, 2.45) is 23.5 Å². The molecule has 4 nitrogen and oxygen atoms in total. The van der Waals surface area contributed by atoms with Gasteiger partial charge in [0, 0.05) is 31.5 Å². The van der Waals surface area contributed by atoms with Gasteiger partial charge in [0.2, 0.25) is 5.91 Å². The molecule has 0 aromatic heterocycles. The summed E-state index contributed by atoms with van der Waals surface area (Å²) in [4.78, 5) is 12.1. The van der Waals surface area contributed by atoms with Crippen molar-refractivity contribution in [2.45, 2.75) is 64.5 Å². The molecule has 1 heterocycles. The van der Waals surface area contributed by atoms with Gasteiger partial charge in [-0.3, -0.25) is 4.79 Å². The maximum atomic E-state index is 12.1. The number of nitrogens with one attached hydrogen (secondary N) is 1. The minimum atomic E-state index is 0. The van der Waals surface area contributed by atoms with E-state index in [2.05, 4.69) is 19.2 Å². The van der Waals surface area contributed by atoms with Crippen LogP contribution in [0.4, 0.5) is 0 Å². The molecule has 1 saturated heterocycles. The Kier molecular flexibility index (Phi) is 7.99. The first-order valence-electron chi connectivity index (χ1n) is 8.21. The lowest BCUT2D eigenvalue weighted by molar-refractivity contribution is -0.123. The summed E-state index contributed by atoms with van der Waals surface area (Å²) in [5.74, 6) is 1.53. The molecule has 0 aromatic carbocycles. The molecule has 2 unspecified atom stereocenters. The topological polar surface area (TPSA) is 64.3 Å². The highest BCUT2D eigenvalue weighted by Crippen LogP contribution is 2.27. The zero-order valence-electron chi connectivity index (χ0n) is 13.3. The molecule has 0 radical (unpaired) electrons. The van der Waals surface area contributed by atoms with Crippen molar-refractivity contribution in [1.82, 2.24) is 5.32 Å². The maximum absolute atomic E-state index is 12.1. The van der Waals surface area contributed by atoms with E-state index in [9.17, 15) is 4.79 Å². The van der Waals surface area contributed by atoms with Crippen LogP contribution >= 0.6 is 12.4 Å². The van der Waals surface area contributed by atoms with E-state index in [0.717, 1.165) is 38.8 Å². The van der Waals surface area contributed by atoms with Crippen LogP contribution in [0.25, 0.3) is 0 Å². The summed E-state index contributed by atoms with van der Waals surface area (Å²) in [6.07, 6.45) is 6.51. The summed E-state index contributed by atoms with van der Waals surface area (Å²) in [5.41, 5.74) is 6.03. The van der Waals surface area contributed by atoms with Crippen LogP contribution in [0.15, 0.2) is 0 Å². The van der Waals surface area contributed by atoms with E-state index < -0.39 is 0 Å². The summed E-state index contributed by atoms with van der Waals surface area (Å²) in [6, 6.07) is 0.224. The summed E-state index contributed by atoms with van der Waals surface area (Å²) in [5, 5.41) is 3.11. The zero-order valence-corrected chi connectivity index (χ0v) is 14.2. The summed E-state index contributed by atoms with van der Waals surface area (Å²) < 4.78 is 5.86. The molecule has 124 valence electrons. The lowest BCUT2D eigenvalue weighted by atomic mass is 9.87. The fraction of sp³-hybridized carbons (Fsp3) is 0.938. The largest absolute Gasteiger partial charge is 0.378 e. The Morgan fingerprint density at radius 2 is 1.95 bits per heavy atom. The molecular weight excluding hydrogens is 288 g/mol. The average Bonchev–Trinajstić information content (AvgIpc) is 2.82. The molecule has 1 amide bonds. The van der Waals surface area contributed by atoms with Crippen LogP contribution in [0.1, 0.15) is 52.4 Å². The van der Waals surface area contributed by atoms with Crippen molar-refractivity contribution >= 4 is 18.3 Å². The van der Waals surface area contributed by atoms with Crippen LogP contribution in [-0.2, 0) is 9.53 Å². The number of rotatable bonds is 5. The Hall–Kier alpha value is -0.320. The van der Waals surface area contributed by atoms with Gasteiger partial charge < -0.3 is 15.8 Å². The fourth-order valence-corrected chi connectivity index (χ4v) is 3.69. The monoisotopic (exact) mass is 318 g/mol. The molecule has 1 saturated carbocycles. The van der Waals surface area contributed by atoms with Crippen LogP contribution < -0.4 is 11.1 Å². The van der Waals surface area contributed by atoms with Gasteiger partial charge in [-0.25, -0.2) is 0 Å². The molecular formula is C16H31ClN2O2. The smallest absolute Gasteiger partial charge is 0.220 e. The van der Waals surface area contributed by atoms with E-state index in [4.69, 9.17) is 10.5 Å². The Labute approximate surface area is 135 Å². The number of halogens is 1. The average molecular weight is 319 g/mol. The molecule has 1 aliphatic carbocycles. The first kappa shape index (κ1) is 18.7. The van der Waals surface area contributed by atoms with Crippen molar-refractivity contribution < 1.29 is 9.53 Å². The molecule has 2 aliphatic rings. The molecule has 1 aliphatic heterocycles. The Bertz CT molecular complexity index is 325. The quantitative estimate of drug-likeness (QED) is 0.818. The number of amides is 1. The summed E-state index contributed by atoms with van der Waals surface area (Å²) in [7, 11) is 0. The van der Waals surface area contributed by atoms with Gasteiger partial charge in [0.15, 0.2) is 0 Å². The lowest BCUT2D eigenvalue weighted by Crippen LogP contribution is -2.42. The molecule has 0 spiro atoms. The van der Waals surface area contributed by atoms with E-state index in [-0.39, 0.29) is 30.5 Å². The van der Waals surface area contributed by atoms with Gasteiger partial charge in [-0.15, -0.1) is 12.4 Å². The number of nitrogens with two attached hydrogens (primary N) is 1. The second-order valence-corrected chi connectivity index (χ2v) is 6.84. The maximum Gasteiger partial charge on any atom is 0.220 e. The van der Waals surface area contributed by atoms with Gasteiger partial charge in [-0.05, 0) is 37.5 Å². The highest BCUT2D eigenvalue weighted by Gasteiger charge is 2.30. The summed E-state index contributed by atoms with van der Waals surface area (Å²) >= 11 is 0. The molecule has 21 heavy (non-hydrogen) atoms. The lowest BCUT2D eigenvalue weighted by Gasteiger charge is -2.34. The highest BCUT2D eigenvalue weighted by atomic mass is 35.5. The van der Waals surface area contributed by atoms with Gasteiger partial charge in [0.05, 0.1) is 6.10 Å². The van der Waals surface area contributed by atoms with Crippen LogP contribution in [-0.4, -0.2) is 31.2 Å². The molecule has 0 aromatic rings. The summed E-state index contributed by atoms with van der Waals surface area (Å²) in [6.45, 7) is 6.01. The molecule has 5 heteroatoms. The van der Waals surface area contributed by atoms with Crippen LogP contribution in [0, 0.1) is 17.8 Å². The predicted molar refractivity (Wildman–Crippen MR) is 87.5 cm³/mol. The van der Waals surface area contributed by atoms with Crippen molar-refractivity contribution in [3.8, 4) is 0 Å². The van der Waals surface area contributed by atoms with Gasteiger partial charge in [-0.2, -0.15) is 0 Å². The third kappa shape index (κ3) is 5.42. The highest BCUT2D eigenvalue weighted by molar-refractivity contribution is 5.85. The van der Waals surface area contributed by atoms with E-state index in [1.807, 2.05) is 0 Å². The molecule has 0 bridgehead atoms. The molecule has 2 fully saturated rings. The predicted octanol–water partition coefficient (Wildman–Crippen LogP) is 2.49. The van der Waals surface area contributed by atoms with Crippen molar-refractivity contribution in [3.05, 3.63) is 0 Å². The van der Waals surface area contributed by atoms with Crippen LogP contribution in [0.5, 0.6) is 0 Å². The zero-order chi connectivity index (χ0) is 14.5. The number of carbonyl (C=O) groups is 1. The second-order valence-electron chi connectivity index (χ2n) is 6.84. The molecule has 2 rings (SSSR count). The first-order chi connectivity index (χ1) is 9.58. The van der Waals surface area contributed by atoms with Crippen LogP contribution in [0.3, 0.4) is 0 Å². The standard InChI is InChI=1S/C16H30N2O2.ClH/c1-11(2)16-13(6-4-8-20-16)10-18-15(19)9-12-5-3-7-14(12)17;/h11-14,16H,3-10,17H2,1-2H3,(H,18,19);1H/t12-,13?,14+,16?;/m0./s1. The molecule has 3 N–H and O–H groups in total. The number of hydrogen-bond donors (Lipinski definition) is 2. The SMILES string of the molecule is CC(C)C1OCCCC1CNC(=O)C[C@@H]1CCC[C@H]1N.Cl. The minimum Gasteiger partial charge on any atom is -0.378 e. The van der Waals surface area contributed by atoms with E-state index in [1.165, 1.54) is 6.42 Å². The van der Waals surface area contributed by atoms with Crippen molar-refractivity contribution in [3.63, 3.8) is 0 Å². The van der Waals surface area contributed by atoms with Crippen LogP contribution in [0.2, 0.25) is 0 Å². The third-order valence-electron chi connectivity index (χ3n) is 4.88. The Morgan fingerprint density at radius 1 is 1.24 bits per heavy atom. The Balaban J connectivity index is 0.00000220. The van der Waals surface area contributed by atoms with Crippen molar-refractivity contribution in [2.75, 3.05) is 13.2 Å². The number of carbonyl (C=O) groups excluding carboxylic acids is 1. The Morgan fingerprint density at radius 3 is 2.57 bits per heavy atom. The normalized spacial score (nSPS) is 32.8. The van der Waals surface area contributed by atoms with E-state index in [0.29, 0.717) is 24.2 Å². The number of hydrogen-bond acceptors (Lipinski definition) is 3. The number of ether oxygens (including phenoxy) is 1. The minimum absolute atomic E-state index is 0. The van der Waals surface area contributed by atoms with Gasteiger partial charge >= 0.3 is 0 Å². The van der Waals surface area contributed by atoms with Crippen molar-refractivity contribution in [1.29, 1.82) is 0 Å². The van der Waals surface area contributed by atoms with E-state index >= 15 is 0 Å². The first-order valence-corrected chi connectivity index (χ1v) is 8.21. The fourth-order valence-electron chi connectivity index (χ4n) is 3.69. The van der Waals surface area contributed by atoms with E-state index in [1.54, 1.807) is 0 Å². The molecule has 4 atom stereocenters. The van der Waals surface area contributed by atoms with Gasteiger partial charge in [0.25, 0.3) is 0 Å². The van der Waals surface area contributed by atoms with Gasteiger partial charge in [0.1, 0.15) is 0 Å².